The molecule has 3 rings (SSSR count). The molecule has 1 heterocycles. The molecule has 9 nitrogen and oxygen atoms in total. The van der Waals surface area contributed by atoms with Gasteiger partial charge >= 0.3 is 0 Å². The minimum absolute atomic E-state index is 0.215. The van der Waals surface area contributed by atoms with Crippen LogP contribution in [0.2, 0.25) is 5.02 Å². The highest BCUT2D eigenvalue weighted by Gasteiger charge is 2.35. The number of ether oxygens (including phenoxy) is 2. The maximum atomic E-state index is 12.9. The zero-order valence-electron chi connectivity index (χ0n) is 16.9. The molecule has 2 aromatic carbocycles. The predicted molar refractivity (Wildman–Crippen MR) is 117 cm³/mol. The fraction of sp³-hybridized carbons (Fsp3) is 0.300. The Morgan fingerprint density at radius 2 is 2.00 bits per heavy atom. The molecule has 1 aliphatic rings. The summed E-state index contributed by atoms with van der Waals surface area (Å²) >= 11 is 5.99. The highest BCUT2D eigenvalue weighted by atomic mass is 35.5. The fourth-order valence-electron chi connectivity index (χ4n) is 3.04. The number of hydrogen-bond acceptors (Lipinski definition) is 6. The summed E-state index contributed by atoms with van der Waals surface area (Å²) in [5, 5.41) is 5.69. The molecule has 0 spiro atoms. The molecular formula is C20H22ClN3O6S. The van der Waals surface area contributed by atoms with Gasteiger partial charge in [0.1, 0.15) is 5.75 Å². The molecule has 11 heteroatoms. The van der Waals surface area contributed by atoms with Crippen molar-refractivity contribution >= 4 is 44.8 Å². The summed E-state index contributed by atoms with van der Waals surface area (Å²) in [5.74, 6) is -0.756. The largest absolute Gasteiger partial charge is 0.476 e. The number of fused-ring (bicyclic) bond motifs is 1. The van der Waals surface area contributed by atoms with E-state index in [9.17, 15) is 18.0 Å². The summed E-state index contributed by atoms with van der Waals surface area (Å²) in [5.41, 5.74) is 0.797. The van der Waals surface area contributed by atoms with Crippen molar-refractivity contribution in [2.75, 3.05) is 42.7 Å². The molecule has 166 valence electrons. The Morgan fingerprint density at radius 1 is 1.26 bits per heavy atom. The Bertz CT molecular complexity index is 1090. The molecule has 0 saturated carbocycles. The quantitative estimate of drug-likeness (QED) is 0.601. The van der Waals surface area contributed by atoms with Crippen LogP contribution in [-0.4, -0.2) is 59.4 Å². The van der Waals surface area contributed by atoms with Crippen molar-refractivity contribution in [3.05, 3.63) is 53.1 Å². The summed E-state index contributed by atoms with van der Waals surface area (Å²) in [4.78, 5) is 25.3. The van der Waals surface area contributed by atoms with Gasteiger partial charge in [0, 0.05) is 18.7 Å². The summed E-state index contributed by atoms with van der Waals surface area (Å²) in [6, 6.07) is 11.0. The van der Waals surface area contributed by atoms with E-state index in [4.69, 9.17) is 21.1 Å². The van der Waals surface area contributed by atoms with E-state index in [2.05, 4.69) is 10.6 Å². The van der Waals surface area contributed by atoms with Crippen LogP contribution in [-0.2, 0) is 19.6 Å². The minimum atomic E-state index is -3.69. The van der Waals surface area contributed by atoms with Gasteiger partial charge in [0.15, 0.2) is 6.10 Å². The third kappa shape index (κ3) is 5.46. The summed E-state index contributed by atoms with van der Waals surface area (Å²) < 4.78 is 36.3. The van der Waals surface area contributed by atoms with Crippen LogP contribution in [0, 0.1) is 0 Å². The molecule has 2 amide bonds. The highest BCUT2D eigenvalue weighted by Crippen LogP contribution is 2.37. The number of carbonyl (C=O) groups is 2. The number of halogens is 1. The van der Waals surface area contributed by atoms with Gasteiger partial charge in [-0.1, -0.05) is 23.7 Å². The Balaban J connectivity index is 1.82. The smallest absolute Gasteiger partial charge is 0.267 e. The van der Waals surface area contributed by atoms with E-state index in [1.807, 2.05) is 0 Å². The minimum Gasteiger partial charge on any atom is -0.476 e. The summed E-state index contributed by atoms with van der Waals surface area (Å²) in [7, 11) is -2.17. The van der Waals surface area contributed by atoms with Crippen LogP contribution < -0.4 is 19.7 Å². The maximum absolute atomic E-state index is 12.9. The maximum Gasteiger partial charge on any atom is 0.267 e. The predicted octanol–water partition coefficient (Wildman–Crippen LogP) is 1.88. The second-order valence-corrected chi connectivity index (χ2v) is 9.14. The second kappa shape index (κ2) is 9.54. The van der Waals surface area contributed by atoms with Crippen LogP contribution in [0.25, 0.3) is 0 Å². The first-order valence-corrected chi connectivity index (χ1v) is 11.5. The van der Waals surface area contributed by atoms with Gasteiger partial charge in [-0.05, 0) is 30.3 Å². The number of amides is 2. The molecule has 2 N–H and O–H groups in total. The van der Waals surface area contributed by atoms with Crippen LogP contribution in [0.4, 0.5) is 11.4 Å². The van der Waals surface area contributed by atoms with Gasteiger partial charge in [0.05, 0.1) is 36.3 Å². The van der Waals surface area contributed by atoms with Crippen LogP contribution in [0.5, 0.6) is 5.75 Å². The Kier molecular flexibility index (Phi) is 7.04. The van der Waals surface area contributed by atoms with E-state index in [1.165, 1.54) is 19.2 Å². The van der Waals surface area contributed by atoms with Gasteiger partial charge in [-0.25, -0.2) is 8.42 Å². The van der Waals surface area contributed by atoms with Crippen molar-refractivity contribution in [3.8, 4) is 5.75 Å². The molecule has 0 saturated heterocycles. The Morgan fingerprint density at radius 3 is 2.71 bits per heavy atom. The lowest BCUT2D eigenvalue weighted by atomic mass is 10.1. The molecule has 0 aliphatic carbocycles. The van der Waals surface area contributed by atoms with Gasteiger partial charge in [0.2, 0.25) is 10.0 Å². The number of nitrogens with one attached hydrogen (secondary N) is 2. The average Bonchev–Trinajstić information content (AvgIpc) is 2.72. The average molecular weight is 468 g/mol. The summed E-state index contributed by atoms with van der Waals surface area (Å²) in [6.45, 7) is 0.424. The van der Waals surface area contributed by atoms with Gasteiger partial charge in [-0.15, -0.1) is 0 Å². The monoisotopic (exact) mass is 467 g/mol. The van der Waals surface area contributed by atoms with Crippen LogP contribution in [0.1, 0.15) is 10.4 Å². The number of methoxy groups -OCH3 is 1. The third-order valence-electron chi connectivity index (χ3n) is 4.50. The van der Waals surface area contributed by atoms with Crippen LogP contribution in [0.3, 0.4) is 0 Å². The van der Waals surface area contributed by atoms with Gasteiger partial charge in [0.25, 0.3) is 11.8 Å². The standard InChI is InChI=1S/C20H22ClN3O6S/c1-29-10-9-22-19(25)14-5-3-4-6-15(14)23-20(26)18-12-24(31(2,27)28)16-11-13(21)7-8-17(16)30-18/h3-8,11,18H,9-10,12H2,1-2H3,(H,22,25)(H,23,26). The number of anilines is 2. The van der Waals surface area contributed by atoms with Crippen molar-refractivity contribution in [1.29, 1.82) is 0 Å². The Labute approximate surface area is 185 Å². The number of rotatable bonds is 7. The molecular weight excluding hydrogens is 446 g/mol. The normalized spacial score (nSPS) is 15.6. The number of para-hydroxylation sites is 1. The molecule has 31 heavy (non-hydrogen) atoms. The second-order valence-electron chi connectivity index (χ2n) is 6.80. The van der Waals surface area contributed by atoms with E-state index in [0.29, 0.717) is 18.2 Å². The lowest BCUT2D eigenvalue weighted by Gasteiger charge is -2.34. The number of carbonyl (C=O) groups excluding carboxylic acids is 2. The van der Waals surface area contributed by atoms with Crippen molar-refractivity contribution < 1.29 is 27.5 Å². The molecule has 0 radical (unpaired) electrons. The fourth-order valence-corrected chi connectivity index (χ4v) is 4.11. The third-order valence-corrected chi connectivity index (χ3v) is 5.89. The summed E-state index contributed by atoms with van der Waals surface area (Å²) in [6.07, 6.45) is -0.0922. The van der Waals surface area contributed by atoms with E-state index in [0.717, 1.165) is 10.6 Å². The zero-order chi connectivity index (χ0) is 22.6. The van der Waals surface area contributed by atoms with Gasteiger partial charge < -0.3 is 20.1 Å². The van der Waals surface area contributed by atoms with Crippen LogP contribution >= 0.6 is 11.6 Å². The first kappa shape index (κ1) is 22.9. The van der Waals surface area contributed by atoms with E-state index < -0.39 is 22.0 Å². The number of benzene rings is 2. The lowest BCUT2D eigenvalue weighted by molar-refractivity contribution is -0.122. The first-order valence-electron chi connectivity index (χ1n) is 9.31. The number of hydrogen-bond donors (Lipinski definition) is 2. The Hall–Kier alpha value is -2.82. The molecule has 0 bridgehead atoms. The van der Waals surface area contributed by atoms with Crippen molar-refractivity contribution in [3.63, 3.8) is 0 Å². The SMILES string of the molecule is COCCNC(=O)c1ccccc1NC(=O)C1CN(S(C)(=O)=O)c2cc(Cl)ccc2O1. The van der Waals surface area contributed by atoms with Crippen molar-refractivity contribution in [1.82, 2.24) is 5.32 Å². The first-order chi connectivity index (χ1) is 14.7. The highest BCUT2D eigenvalue weighted by molar-refractivity contribution is 7.92. The van der Waals surface area contributed by atoms with Crippen molar-refractivity contribution in [2.24, 2.45) is 0 Å². The topological polar surface area (TPSA) is 114 Å². The molecule has 1 aliphatic heterocycles. The van der Waals surface area contributed by atoms with Crippen LogP contribution in [0.15, 0.2) is 42.5 Å². The number of nitrogens with zero attached hydrogens (tertiary/aromatic N) is 1. The van der Waals surface area contributed by atoms with E-state index in [1.54, 1.807) is 30.3 Å². The zero-order valence-corrected chi connectivity index (χ0v) is 18.5. The number of sulfonamides is 1. The molecule has 0 aromatic heterocycles. The van der Waals surface area contributed by atoms with E-state index >= 15 is 0 Å². The molecule has 1 unspecified atom stereocenters. The molecule has 2 aromatic rings. The van der Waals surface area contributed by atoms with E-state index in [-0.39, 0.29) is 35.1 Å². The van der Waals surface area contributed by atoms with Gasteiger partial charge in [-0.3, -0.25) is 13.9 Å². The lowest BCUT2D eigenvalue weighted by Crippen LogP contribution is -2.48. The van der Waals surface area contributed by atoms with Crippen molar-refractivity contribution in [2.45, 2.75) is 6.10 Å². The van der Waals surface area contributed by atoms with Gasteiger partial charge in [-0.2, -0.15) is 0 Å². The molecule has 0 fully saturated rings. The molecule has 1 atom stereocenters.